The van der Waals surface area contributed by atoms with Crippen LogP contribution in [0.5, 0.6) is 0 Å². The van der Waals surface area contributed by atoms with Crippen LogP contribution in [0.15, 0.2) is 95.2 Å². The molecule has 0 saturated carbocycles. The molecule has 0 aliphatic heterocycles. The molecule has 6 nitrogen and oxygen atoms in total. The summed E-state index contributed by atoms with van der Waals surface area (Å²) in [6.07, 6.45) is 6.66. The first-order valence-electron chi connectivity index (χ1n) is 12.2. The van der Waals surface area contributed by atoms with E-state index in [1.807, 2.05) is 60.9 Å². The van der Waals surface area contributed by atoms with E-state index in [9.17, 15) is 19.3 Å². The van der Waals surface area contributed by atoms with E-state index in [2.05, 4.69) is 20.0 Å². The van der Waals surface area contributed by atoms with Crippen molar-refractivity contribution in [1.82, 2.24) is 9.97 Å². The van der Waals surface area contributed by atoms with Crippen LogP contribution >= 0.6 is 0 Å². The molecule has 0 aliphatic carbocycles. The molecule has 8 heteroatoms. The smallest absolute Gasteiger partial charge is 0.213 e. The highest BCUT2D eigenvalue weighted by molar-refractivity contribution is 6.21. The molecule has 0 unspecified atom stereocenters. The molecule has 0 aliphatic rings. The van der Waals surface area contributed by atoms with Gasteiger partial charge in [-0.3, -0.25) is 0 Å². The molecule has 2 aromatic heterocycles. The number of fused-ring (bicyclic) bond motifs is 6. The normalized spacial score (nSPS) is 12.5. The molecular formula is C32H14F2N6. The highest BCUT2D eigenvalue weighted by Gasteiger charge is 2.17. The van der Waals surface area contributed by atoms with Gasteiger partial charge in [0.1, 0.15) is 0 Å². The van der Waals surface area contributed by atoms with Crippen LogP contribution in [0, 0.1) is 34.8 Å². The van der Waals surface area contributed by atoms with Crippen molar-refractivity contribution in [2.75, 3.05) is 0 Å². The Bertz CT molecular complexity index is 2220. The molecule has 5 aromatic carbocycles. The standard InChI is InChI=1S/C32H14F2N6/c33-29-11-19(5-7-37-29)17-1-3-21-23-13-28-24(14-27(23)31(39-15-35)25(21)9-17)22-4-2-18(10-26(22)32(28)40-16-36)20-6-8-38-30(34)12-20/h1-14H/b39-31+,40-32+. The van der Waals surface area contributed by atoms with Crippen LogP contribution in [-0.4, -0.2) is 9.97 Å². The molecule has 0 N–H and O–H groups in total. The summed E-state index contributed by atoms with van der Waals surface area (Å²) in [5.41, 5.74) is 2.85. The summed E-state index contributed by atoms with van der Waals surface area (Å²) in [6.45, 7) is 0. The van der Waals surface area contributed by atoms with Crippen LogP contribution in [0.1, 0.15) is 0 Å². The lowest BCUT2D eigenvalue weighted by Gasteiger charge is -2.02. The van der Waals surface area contributed by atoms with E-state index in [0.29, 0.717) is 21.8 Å². The molecular weight excluding hydrogens is 506 g/mol. The summed E-state index contributed by atoms with van der Waals surface area (Å²) < 4.78 is 27.6. The Morgan fingerprint density at radius 2 is 0.875 bits per heavy atom. The van der Waals surface area contributed by atoms with Crippen LogP contribution in [0.25, 0.3) is 65.3 Å². The van der Waals surface area contributed by atoms with E-state index in [1.165, 1.54) is 24.5 Å². The fourth-order valence-electron chi connectivity index (χ4n) is 5.54. The van der Waals surface area contributed by atoms with Gasteiger partial charge < -0.3 is 0 Å². The van der Waals surface area contributed by atoms with E-state index >= 15 is 0 Å². The largest absolute Gasteiger partial charge is 0.228 e. The van der Waals surface area contributed by atoms with E-state index < -0.39 is 11.9 Å². The first-order chi connectivity index (χ1) is 19.6. The van der Waals surface area contributed by atoms with Gasteiger partial charge in [0, 0.05) is 46.1 Å². The number of pyridine rings is 2. The molecule has 7 aromatic rings. The van der Waals surface area contributed by atoms with E-state index in [-0.39, 0.29) is 0 Å². The number of halogens is 2. The third-order valence-corrected chi connectivity index (χ3v) is 7.24. The quantitative estimate of drug-likeness (QED) is 0.196. The zero-order valence-corrected chi connectivity index (χ0v) is 20.5. The van der Waals surface area contributed by atoms with Gasteiger partial charge in [-0.15, -0.1) is 0 Å². The van der Waals surface area contributed by atoms with Gasteiger partial charge in [0.25, 0.3) is 0 Å². The van der Waals surface area contributed by atoms with E-state index in [4.69, 9.17) is 0 Å². The molecule has 0 amide bonds. The van der Waals surface area contributed by atoms with E-state index in [1.54, 1.807) is 12.1 Å². The number of hydrogen-bond acceptors (Lipinski definition) is 6. The van der Waals surface area contributed by atoms with Gasteiger partial charge in [-0.2, -0.15) is 29.3 Å². The second-order valence-electron chi connectivity index (χ2n) is 9.32. The van der Waals surface area contributed by atoms with Crippen molar-refractivity contribution in [2.24, 2.45) is 9.98 Å². The lowest BCUT2D eigenvalue weighted by atomic mass is 10.0. The number of rotatable bonds is 2. The van der Waals surface area contributed by atoms with Gasteiger partial charge in [-0.25, -0.2) is 9.97 Å². The van der Waals surface area contributed by atoms with Crippen LogP contribution in [0.4, 0.5) is 8.78 Å². The van der Waals surface area contributed by atoms with Crippen LogP contribution < -0.4 is 10.7 Å². The lowest BCUT2D eigenvalue weighted by molar-refractivity contribution is 0.584. The Kier molecular flexibility index (Phi) is 5.16. The molecule has 0 spiro atoms. The Hall–Kier alpha value is -5.86. The number of benzene rings is 3. The minimum absolute atomic E-state index is 0.516. The Labute approximate surface area is 224 Å². The summed E-state index contributed by atoms with van der Waals surface area (Å²) in [5, 5.41) is 26.6. The molecule has 7 rings (SSSR count). The maximum Gasteiger partial charge on any atom is 0.213 e. The number of nitriles is 2. The maximum atomic E-state index is 13.8. The minimum Gasteiger partial charge on any atom is -0.228 e. The van der Waals surface area contributed by atoms with Crippen LogP contribution in [0.3, 0.4) is 0 Å². The van der Waals surface area contributed by atoms with Gasteiger partial charge in [-0.05, 0) is 80.2 Å². The van der Waals surface area contributed by atoms with Crippen molar-refractivity contribution < 1.29 is 8.78 Å². The second-order valence-corrected chi connectivity index (χ2v) is 9.32. The predicted molar refractivity (Wildman–Crippen MR) is 148 cm³/mol. The summed E-state index contributed by atoms with van der Waals surface area (Å²) >= 11 is 0. The molecule has 0 radical (unpaired) electrons. The van der Waals surface area contributed by atoms with Crippen molar-refractivity contribution in [2.45, 2.75) is 0 Å². The zero-order chi connectivity index (χ0) is 27.4. The fourth-order valence-corrected chi connectivity index (χ4v) is 5.54. The average Bonchev–Trinajstić information content (AvgIpc) is 3.43. The fraction of sp³-hybridized carbons (Fsp3) is 0. The highest BCUT2D eigenvalue weighted by Crippen LogP contribution is 2.35. The van der Waals surface area contributed by atoms with Crippen molar-refractivity contribution in [3.05, 3.63) is 108 Å². The third-order valence-electron chi connectivity index (χ3n) is 7.24. The Balaban J connectivity index is 1.56. The number of hydrogen-bond donors (Lipinski definition) is 0. The highest BCUT2D eigenvalue weighted by atomic mass is 19.1. The third kappa shape index (κ3) is 3.52. The second kappa shape index (κ2) is 8.87. The van der Waals surface area contributed by atoms with Gasteiger partial charge >= 0.3 is 0 Å². The summed E-state index contributed by atoms with van der Waals surface area (Å²) in [6, 6.07) is 21.5. The van der Waals surface area contributed by atoms with Crippen LogP contribution in [-0.2, 0) is 0 Å². The van der Waals surface area contributed by atoms with Crippen molar-refractivity contribution >= 4 is 43.1 Å². The number of nitrogens with zero attached hydrogens (tertiary/aromatic N) is 6. The van der Waals surface area contributed by atoms with Gasteiger partial charge in [-0.1, -0.05) is 24.3 Å². The molecule has 0 atom stereocenters. The van der Waals surface area contributed by atoms with Crippen molar-refractivity contribution in [3.8, 4) is 34.6 Å². The predicted octanol–water partition coefficient (Wildman–Crippen LogP) is 6.34. The van der Waals surface area contributed by atoms with Gasteiger partial charge in [0.15, 0.2) is 0 Å². The molecule has 186 valence electrons. The Morgan fingerprint density at radius 3 is 1.27 bits per heavy atom. The molecule has 0 saturated heterocycles. The lowest BCUT2D eigenvalue weighted by Crippen LogP contribution is -1.99. The summed E-state index contributed by atoms with van der Waals surface area (Å²) in [7, 11) is 0. The zero-order valence-electron chi connectivity index (χ0n) is 20.5. The molecule has 0 bridgehead atoms. The van der Waals surface area contributed by atoms with Gasteiger partial charge in [0.2, 0.25) is 24.3 Å². The molecule has 0 fully saturated rings. The maximum absolute atomic E-state index is 13.8. The summed E-state index contributed by atoms with van der Waals surface area (Å²) in [4.78, 5) is 15.6. The molecule has 40 heavy (non-hydrogen) atoms. The number of aromatic nitrogens is 2. The monoisotopic (exact) mass is 520 g/mol. The topological polar surface area (TPSA) is 98.1 Å². The summed E-state index contributed by atoms with van der Waals surface area (Å²) in [5.74, 6) is -1.16. The minimum atomic E-state index is -0.580. The van der Waals surface area contributed by atoms with Crippen LogP contribution in [0.2, 0.25) is 0 Å². The average molecular weight is 521 g/mol. The first kappa shape index (κ1) is 23.3. The van der Waals surface area contributed by atoms with Crippen molar-refractivity contribution in [3.63, 3.8) is 0 Å². The SMILES string of the molecule is N#C/N=c1\c2cc(-c3ccnc(F)c3)ccc2c2cc3/c(=N/C#N)c4cc(-c5ccnc(F)c5)ccc4c3cc12. The van der Waals surface area contributed by atoms with Crippen molar-refractivity contribution in [1.29, 1.82) is 10.5 Å². The molecule has 2 heterocycles. The Morgan fingerprint density at radius 1 is 0.475 bits per heavy atom. The van der Waals surface area contributed by atoms with Gasteiger partial charge in [0.05, 0.1) is 10.7 Å². The van der Waals surface area contributed by atoms with E-state index in [0.717, 1.165) is 54.2 Å². The first-order valence-corrected chi connectivity index (χ1v) is 12.2.